The first kappa shape index (κ1) is 16.5. The quantitative estimate of drug-likeness (QED) is 0.733. The molecule has 0 saturated heterocycles. The second-order valence-corrected chi connectivity index (χ2v) is 7.48. The van der Waals surface area contributed by atoms with Crippen molar-refractivity contribution in [1.29, 1.82) is 0 Å². The molecule has 1 aliphatic carbocycles. The van der Waals surface area contributed by atoms with Crippen LogP contribution >= 0.6 is 11.6 Å². The third kappa shape index (κ3) is 3.48. The zero-order chi connectivity index (χ0) is 15.7. The molecule has 0 amide bonds. The van der Waals surface area contributed by atoms with Crippen molar-refractivity contribution in [2.75, 3.05) is 12.3 Å². The predicted octanol–water partition coefficient (Wildman–Crippen LogP) is 2.03. The van der Waals surface area contributed by atoms with Crippen LogP contribution in [0.2, 0.25) is 5.02 Å². The van der Waals surface area contributed by atoms with Gasteiger partial charge in [0.2, 0.25) is 10.0 Å². The van der Waals surface area contributed by atoms with E-state index in [1.165, 1.54) is 0 Å². The molecule has 0 spiro atoms. The minimum Gasteiger partial charge on any atom is -0.399 e. The summed E-state index contributed by atoms with van der Waals surface area (Å²) in [5.74, 6) is -1.04. The Kier molecular flexibility index (Phi) is 4.77. The number of nitrogens with one attached hydrogen (secondary N) is 1. The molecule has 0 heterocycles. The van der Waals surface area contributed by atoms with E-state index in [1.54, 1.807) is 0 Å². The number of nitrogens with two attached hydrogens (primary N) is 1. The summed E-state index contributed by atoms with van der Waals surface area (Å²) in [6, 6.07) is 2.18. The summed E-state index contributed by atoms with van der Waals surface area (Å²) in [5, 5.41) is 9.21. The highest BCUT2D eigenvalue weighted by molar-refractivity contribution is 7.89. The molecule has 1 aromatic carbocycles. The Balaban J connectivity index is 2.38. The number of aliphatic hydroxyl groups excluding tert-OH is 1. The van der Waals surface area contributed by atoms with E-state index < -0.39 is 26.3 Å². The highest BCUT2D eigenvalue weighted by Crippen LogP contribution is 2.31. The maximum absolute atomic E-state index is 14.0. The van der Waals surface area contributed by atoms with E-state index in [0.29, 0.717) is 12.8 Å². The maximum atomic E-state index is 14.0. The SMILES string of the molecule is Nc1cc(Cl)c(F)c(S(=O)(=O)NC2(CO)CCCCC2)c1. The van der Waals surface area contributed by atoms with Crippen molar-refractivity contribution in [2.24, 2.45) is 0 Å². The number of hydrogen-bond donors (Lipinski definition) is 3. The molecular weight excluding hydrogens is 319 g/mol. The van der Waals surface area contributed by atoms with Crippen LogP contribution in [0.5, 0.6) is 0 Å². The Bertz CT molecular complexity index is 631. The Hall–Kier alpha value is -0.890. The lowest BCUT2D eigenvalue weighted by molar-refractivity contribution is 0.142. The number of aliphatic hydroxyl groups is 1. The number of anilines is 1. The van der Waals surface area contributed by atoms with Crippen LogP contribution in [0.1, 0.15) is 32.1 Å². The lowest BCUT2D eigenvalue weighted by Gasteiger charge is -2.36. The Morgan fingerprint density at radius 1 is 1.33 bits per heavy atom. The third-order valence-corrected chi connectivity index (χ3v) is 5.62. The lowest BCUT2D eigenvalue weighted by atomic mass is 9.83. The van der Waals surface area contributed by atoms with E-state index in [4.69, 9.17) is 17.3 Å². The summed E-state index contributed by atoms with van der Waals surface area (Å²) in [6.45, 7) is -0.329. The first-order valence-electron chi connectivity index (χ1n) is 6.69. The molecule has 0 bridgehead atoms. The summed E-state index contributed by atoms with van der Waals surface area (Å²) in [7, 11) is -4.16. The van der Waals surface area contributed by atoms with Gasteiger partial charge in [0.25, 0.3) is 0 Å². The largest absolute Gasteiger partial charge is 0.399 e. The molecule has 0 radical (unpaired) electrons. The normalized spacial score (nSPS) is 18.6. The number of sulfonamides is 1. The summed E-state index contributed by atoms with van der Waals surface area (Å²) in [6.07, 6.45) is 3.63. The monoisotopic (exact) mass is 336 g/mol. The minimum atomic E-state index is -4.16. The predicted molar refractivity (Wildman–Crippen MR) is 79.0 cm³/mol. The average molecular weight is 337 g/mol. The van der Waals surface area contributed by atoms with Gasteiger partial charge in [-0.25, -0.2) is 17.5 Å². The molecule has 2 rings (SSSR count). The van der Waals surface area contributed by atoms with Gasteiger partial charge in [-0.3, -0.25) is 0 Å². The van der Waals surface area contributed by atoms with Gasteiger partial charge in [-0.2, -0.15) is 0 Å². The zero-order valence-corrected chi connectivity index (χ0v) is 13.0. The topological polar surface area (TPSA) is 92.4 Å². The van der Waals surface area contributed by atoms with Crippen molar-refractivity contribution in [3.8, 4) is 0 Å². The van der Waals surface area contributed by atoms with Gasteiger partial charge in [-0.15, -0.1) is 0 Å². The number of benzene rings is 1. The maximum Gasteiger partial charge on any atom is 0.244 e. The van der Waals surface area contributed by atoms with Crippen molar-refractivity contribution in [1.82, 2.24) is 4.72 Å². The van der Waals surface area contributed by atoms with E-state index in [0.717, 1.165) is 31.4 Å². The Morgan fingerprint density at radius 3 is 2.52 bits per heavy atom. The van der Waals surface area contributed by atoms with Gasteiger partial charge in [-0.1, -0.05) is 30.9 Å². The second kappa shape index (κ2) is 6.08. The summed E-state index contributed by atoms with van der Waals surface area (Å²) >= 11 is 5.64. The molecule has 1 aliphatic rings. The van der Waals surface area contributed by atoms with Crippen LogP contribution in [0.4, 0.5) is 10.1 Å². The van der Waals surface area contributed by atoms with Gasteiger partial charge in [0, 0.05) is 5.69 Å². The fourth-order valence-electron chi connectivity index (χ4n) is 2.64. The number of hydrogen-bond acceptors (Lipinski definition) is 4. The van der Waals surface area contributed by atoms with E-state index >= 15 is 0 Å². The standard InChI is InChI=1S/C13H18ClFN2O3S/c14-10-6-9(16)7-11(12(10)15)21(19,20)17-13(8-18)4-2-1-3-5-13/h6-7,17-18H,1-5,8,16H2. The second-order valence-electron chi connectivity index (χ2n) is 5.42. The fraction of sp³-hybridized carbons (Fsp3) is 0.538. The molecule has 1 saturated carbocycles. The number of halogens is 2. The van der Waals surface area contributed by atoms with Crippen LogP contribution in [-0.2, 0) is 10.0 Å². The molecule has 8 heteroatoms. The smallest absolute Gasteiger partial charge is 0.244 e. The van der Waals surface area contributed by atoms with Gasteiger partial charge in [0.15, 0.2) is 5.82 Å². The molecular formula is C13H18ClFN2O3S. The van der Waals surface area contributed by atoms with Crippen molar-refractivity contribution >= 4 is 27.3 Å². The minimum absolute atomic E-state index is 0.0588. The first-order chi connectivity index (χ1) is 9.80. The average Bonchev–Trinajstić information content (AvgIpc) is 2.43. The summed E-state index contributed by atoms with van der Waals surface area (Å²) in [5.41, 5.74) is 4.65. The van der Waals surface area contributed by atoms with Crippen molar-refractivity contribution < 1.29 is 17.9 Å². The molecule has 4 N–H and O–H groups in total. The molecule has 0 atom stereocenters. The molecule has 118 valence electrons. The van der Waals surface area contributed by atoms with E-state index in [-0.39, 0.29) is 17.3 Å². The third-order valence-electron chi connectivity index (χ3n) is 3.77. The first-order valence-corrected chi connectivity index (χ1v) is 8.55. The molecule has 0 unspecified atom stereocenters. The van der Waals surface area contributed by atoms with E-state index in [9.17, 15) is 17.9 Å². The van der Waals surface area contributed by atoms with Gasteiger partial charge in [0.1, 0.15) is 4.90 Å². The Morgan fingerprint density at radius 2 is 1.95 bits per heavy atom. The van der Waals surface area contributed by atoms with Gasteiger partial charge < -0.3 is 10.8 Å². The highest BCUT2D eigenvalue weighted by atomic mass is 35.5. The highest BCUT2D eigenvalue weighted by Gasteiger charge is 2.37. The summed E-state index contributed by atoms with van der Waals surface area (Å²) in [4.78, 5) is -0.592. The van der Waals surface area contributed by atoms with Crippen LogP contribution in [0, 0.1) is 5.82 Å². The zero-order valence-electron chi connectivity index (χ0n) is 11.4. The van der Waals surface area contributed by atoms with Crippen molar-refractivity contribution in [2.45, 2.75) is 42.5 Å². The molecule has 5 nitrogen and oxygen atoms in total. The van der Waals surface area contributed by atoms with Crippen LogP contribution < -0.4 is 10.5 Å². The van der Waals surface area contributed by atoms with Crippen LogP contribution in [0.3, 0.4) is 0 Å². The molecule has 1 aromatic rings. The van der Waals surface area contributed by atoms with E-state index in [1.807, 2.05) is 0 Å². The lowest BCUT2D eigenvalue weighted by Crippen LogP contribution is -2.52. The number of rotatable bonds is 4. The molecule has 21 heavy (non-hydrogen) atoms. The van der Waals surface area contributed by atoms with E-state index in [2.05, 4.69) is 4.72 Å². The number of nitrogen functional groups attached to an aromatic ring is 1. The van der Waals surface area contributed by atoms with Crippen LogP contribution in [0.15, 0.2) is 17.0 Å². The van der Waals surface area contributed by atoms with Crippen LogP contribution in [-0.4, -0.2) is 25.7 Å². The van der Waals surface area contributed by atoms with Crippen LogP contribution in [0.25, 0.3) is 0 Å². The Labute approximate surface area is 128 Å². The summed E-state index contributed by atoms with van der Waals surface area (Å²) < 4.78 is 41.3. The molecule has 1 fully saturated rings. The fourth-order valence-corrected chi connectivity index (χ4v) is 4.51. The van der Waals surface area contributed by atoms with Gasteiger partial charge in [0.05, 0.1) is 17.2 Å². The van der Waals surface area contributed by atoms with Crippen molar-refractivity contribution in [3.05, 3.63) is 23.0 Å². The van der Waals surface area contributed by atoms with Crippen molar-refractivity contribution in [3.63, 3.8) is 0 Å². The van der Waals surface area contributed by atoms with Gasteiger partial charge >= 0.3 is 0 Å². The van der Waals surface area contributed by atoms with Gasteiger partial charge in [-0.05, 0) is 25.0 Å². The molecule has 0 aromatic heterocycles. The molecule has 0 aliphatic heterocycles.